The molecule has 0 bridgehead atoms. The SMILES string of the molecule is CNCCc1sc(-c2occc2C)nc1-c1ccccc1. The van der Waals surface area contributed by atoms with E-state index in [2.05, 4.69) is 24.4 Å². The van der Waals surface area contributed by atoms with Crippen molar-refractivity contribution in [2.45, 2.75) is 13.3 Å². The quantitative estimate of drug-likeness (QED) is 0.769. The van der Waals surface area contributed by atoms with E-state index in [9.17, 15) is 0 Å². The van der Waals surface area contributed by atoms with Crippen LogP contribution in [-0.2, 0) is 6.42 Å². The molecule has 1 N–H and O–H groups in total. The molecule has 0 saturated heterocycles. The zero-order valence-electron chi connectivity index (χ0n) is 12.2. The van der Waals surface area contributed by atoms with E-state index in [-0.39, 0.29) is 0 Å². The van der Waals surface area contributed by atoms with Gasteiger partial charge in [0.05, 0.1) is 12.0 Å². The van der Waals surface area contributed by atoms with Gasteiger partial charge in [-0.25, -0.2) is 4.98 Å². The molecule has 4 heteroatoms. The van der Waals surface area contributed by atoms with Crippen molar-refractivity contribution in [2.75, 3.05) is 13.6 Å². The summed E-state index contributed by atoms with van der Waals surface area (Å²) < 4.78 is 5.59. The molecule has 0 aliphatic carbocycles. The third-order valence-electron chi connectivity index (χ3n) is 3.40. The Morgan fingerprint density at radius 3 is 2.67 bits per heavy atom. The van der Waals surface area contributed by atoms with Gasteiger partial charge in [-0.05, 0) is 38.6 Å². The highest BCUT2D eigenvalue weighted by atomic mass is 32.1. The Labute approximate surface area is 128 Å². The van der Waals surface area contributed by atoms with Crippen molar-refractivity contribution in [3.63, 3.8) is 0 Å². The molecule has 3 aromatic rings. The molecule has 0 saturated carbocycles. The minimum atomic E-state index is 0.882. The normalized spacial score (nSPS) is 11.0. The van der Waals surface area contributed by atoms with E-state index in [1.165, 1.54) is 4.88 Å². The minimum absolute atomic E-state index is 0.882. The zero-order valence-corrected chi connectivity index (χ0v) is 13.0. The second kappa shape index (κ2) is 6.24. The second-order valence-electron chi connectivity index (χ2n) is 4.94. The molecule has 3 nitrogen and oxygen atoms in total. The number of furan rings is 1. The van der Waals surface area contributed by atoms with Gasteiger partial charge in [0.1, 0.15) is 0 Å². The predicted octanol–water partition coefficient (Wildman–Crippen LogP) is 4.14. The summed E-state index contributed by atoms with van der Waals surface area (Å²) in [6, 6.07) is 12.3. The average Bonchev–Trinajstić information content (AvgIpc) is 3.12. The Morgan fingerprint density at radius 1 is 1.19 bits per heavy atom. The monoisotopic (exact) mass is 298 g/mol. The van der Waals surface area contributed by atoms with Crippen molar-refractivity contribution >= 4 is 11.3 Å². The zero-order chi connectivity index (χ0) is 14.7. The van der Waals surface area contributed by atoms with Crippen molar-refractivity contribution in [1.29, 1.82) is 0 Å². The molecule has 21 heavy (non-hydrogen) atoms. The molecule has 2 aromatic heterocycles. The van der Waals surface area contributed by atoms with Gasteiger partial charge in [0.25, 0.3) is 0 Å². The van der Waals surface area contributed by atoms with Crippen LogP contribution >= 0.6 is 11.3 Å². The summed E-state index contributed by atoms with van der Waals surface area (Å²) in [7, 11) is 1.97. The molecule has 0 amide bonds. The number of thiazole rings is 1. The second-order valence-corrected chi connectivity index (χ2v) is 6.03. The number of aromatic nitrogens is 1. The van der Waals surface area contributed by atoms with Crippen molar-refractivity contribution < 1.29 is 4.42 Å². The van der Waals surface area contributed by atoms with Crippen LogP contribution in [0.5, 0.6) is 0 Å². The van der Waals surface area contributed by atoms with Crippen molar-refractivity contribution in [3.8, 4) is 22.0 Å². The number of nitrogens with zero attached hydrogens (tertiary/aromatic N) is 1. The molecular weight excluding hydrogens is 280 g/mol. The van der Waals surface area contributed by atoms with Crippen LogP contribution in [0.2, 0.25) is 0 Å². The molecule has 1 aromatic carbocycles. The topological polar surface area (TPSA) is 38.1 Å². The van der Waals surface area contributed by atoms with E-state index in [1.807, 2.05) is 31.3 Å². The van der Waals surface area contributed by atoms with Gasteiger partial charge in [-0.1, -0.05) is 30.3 Å². The first-order valence-electron chi connectivity index (χ1n) is 7.04. The van der Waals surface area contributed by atoms with E-state index in [0.717, 1.165) is 40.6 Å². The highest BCUT2D eigenvalue weighted by Crippen LogP contribution is 2.35. The number of hydrogen-bond acceptors (Lipinski definition) is 4. The van der Waals surface area contributed by atoms with Crippen LogP contribution in [0, 0.1) is 6.92 Å². The molecule has 0 unspecified atom stereocenters. The van der Waals surface area contributed by atoms with Crippen molar-refractivity contribution in [1.82, 2.24) is 10.3 Å². The third-order valence-corrected chi connectivity index (χ3v) is 4.52. The number of hydrogen-bond donors (Lipinski definition) is 1. The van der Waals surface area contributed by atoms with E-state index in [4.69, 9.17) is 9.40 Å². The van der Waals surface area contributed by atoms with Crippen LogP contribution in [0.1, 0.15) is 10.4 Å². The maximum Gasteiger partial charge on any atom is 0.165 e. The van der Waals surface area contributed by atoms with Gasteiger partial charge in [-0.15, -0.1) is 11.3 Å². The Balaban J connectivity index is 2.05. The lowest BCUT2D eigenvalue weighted by molar-refractivity contribution is 0.580. The summed E-state index contributed by atoms with van der Waals surface area (Å²) in [5.74, 6) is 0.882. The largest absolute Gasteiger partial charge is 0.462 e. The predicted molar refractivity (Wildman–Crippen MR) is 87.6 cm³/mol. The van der Waals surface area contributed by atoms with Crippen LogP contribution in [-0.4, -0.2) is 18.6 Å². The van der Waals surface area contributed by atoms with Gasteiger partial charge in [0, 0.05) is 10.4 Å². The molecule has 0 radical (unpaired) electrons. The van der Waals surface area contributed by atoms with Gasteiger partial charge in [-0.3, -0.25) is 0 Å². The number of aryl methyl sites for hydroxylation is 1. The molecule has 108 valence electrons. The van der Waals surface area contributed by atoms with Crippen LogP contribution in [0.3, 0.4) is 0 Å². The Bertz CT molecular complexity index is 715. The Morgan fingerprint density at radius 2 is 2.00 bits per heavy atom. The van der Waals surface area contributed by atoms with E-state index < -0.39 is 0 Å². The first-order valence-corrected chi connectivity index (χ1v) is 7.85. The van der Waals surface area contributed by atoms with Crippen LogP contribution in [0.4, 0.5) is 0 Å². The summed E-state index contributed by atoms with van der Waals surface area (Å²) in [5, 5.41) is 4.17. The maximum absolute atomic E-state index is 5.59. The number of nitrogens with one attached hydrogen (secondary N) is 1. The van der Waals surface area contributed by atoms with Crippen molar-refractivity contribution in [3.05, 3.63) is 53.1 Å². The van der Waals surface area contributed by atoms with Gasteiger partial charge >= 0.3 is 0 Å². The number of likely N-dealkylation sites (N-methyl/N-ethyl adjacent to an activating group) is 1. The van der Waals surface area contributed by atoms with Gasteiger partial charge < -0.3 is 9.73 Å². The van der Waals surface area contributed by atoms with E-state index >= 15 is 0 Å². The van der Waals surface area contributed by atoms with Crippen molar-refractivity contribution in [2.24, 2.45) is 0 Å². The fourth-order valence-corrected chi connectivity index (χ4v) is 3.41. The molecule has 2 heterocycles. The summed E-state index contributed by atoms with van der Waals surface area (Å²) in [4.78, 5) is 6.13. The van der Waals surface area contributed by atoms with E-state index in [0.29, 0.717) is 0 Å². The fraction of sp³-hybridized carbons (Fsp3) is 0.235. The minimum Gasteiger partial charge on any atom is -0.462 e. The molecule has 3 rings (SSSR count). The first-order chi connectivity index (χ1) is 10.3. The van der Waals surface area contributed by atoms with Gasteiger partial charge in [-0.2, -0.15) is 0 Å². The summed E-state index contributed by atoms with van der Waals surface area (Å²) >= 11 is 1.72. The smallest absolute Gasteiger partial charge is 0.165 e. The van der Waals surface area contributed by atoms with Gasteiger partial charge in [0.15, 0.2) is 10.8 Å². The summed E-state index contributed by atoms with van der Waals surface area (Å²) in [5.41, 5.74) is 3.36. The summed E-state index contributed by atoms with van der Waals surface area (Å²) in [6.45, 7) is 2.99. The number of rotatable bonds is 5. The van der Waals surface area contributed by atoms with Crippen LogP contribution in [0.15, 0.2) is 47.1 Å². The van der Waals surface area contributed by atoms with Crippen LogP contribution in [0.25, 0.3) is 22.0 Å². The molecule has 0 atom stereocenters. The standard InChI is InChI=1S/C17H18N2OS/c1-12-9-11-20-16(12)17-19-15(13-6-4-3-5-7-13)14(21-17)8-10-18-2/h3-7,9,11,18H,8,10H2,1-2H3. The molecular formula is C17H18N2OS. The first kappa shape index (κ1) is 14.0. The van der Waals surface area contributed by atoms with Gasteiger partial charge in [0.2, 0.25) is 0 Å². The lowest BCUT2D eigenvalue weighted by Crippen LogP contribution is -2.09. The molecule has 0 aliphatic rings. The fourth-order valence-electron chi connectivity index (χ4n) is 2.27. The average molecular weight is 298 g/mol. The number of benzene rings is 1. The maximum atomic E-state index is 5.59. The Hall–Kier alpha value is -1.91. The van der Waals surface area contributed by atoms with Crippen LogP contribution < -0.4 is 5.32 Å². The molecule has 0 fully saturated rings. The summed E-state index contributed by atoms with van der Waals surface area (Å²) in [6.07, 6.45) is 2.69. The lowest BCUT2D eigenvalue weighted by atomic mass is 10.1. The van der Waals surface area contributed by atoms with E-state index in [1.54, 1.807) is 17.6 Å². The molecule has 0 spiro atoms. The third kappa shape index (κ3) is 2.91. The highest BCUT2D eigenvalue weighted by Gasteiger charge is 2.16. The molecule has 0 aliphatic heterocycles. The lowest BCUT2D eigenvalue weighted by Gasteiger charge is -2.01. The Kier molecular flexibility index (Phi) is 4.18. The highest BCUT2D eigenvalue weighted by molar-refractivity contribution is 7.15.